The zero-order valence-corrected chi connectivity index (χ0v) is 16.4. The molecule has 1 aliphatic heterocycles. The summed E-state index contributed by atoms with van der Waals surface area (Å²) in [6.45, 7) is 2.54. The maximum atomic E-state index is 13.6. The number of hydrogen-bond donors (Lipinski definition) is 0. The maximum Gasteiger partial charge on any atom is 0.276 e. The van der Waals surface area contributed by atoms with Crippen molar-refractivity contribution < 1.29 is 19.2 Å². The second kappa shape index (κ2) is 8.24. The molecule has 0 radical (unpaired) electrons. The molecule has 0 saturated carbocycles. The van der Waals surface area contributed by atoms with Gasteiger partial charge < -0.3 is 14.4 Å². The number of para-hydroxylation sites is 3. The monoisotopic (exact) mass is 404 g/mol. The van der Waals surface area contributed by atoms with E-state index in [-0.39, 0.29) is 28.7 Å². The van der Waals surface area contributed by atoms with Gasteiger partial charge in [0.1, 0.15) is 11.3 Å². The minimum absolute atomic E-state index is 0.0877. The molecule has 1 heterocycles. The molecule has 0 N–H and O–H groups in total. The van der Waals surface area contributed by atoms with E-state index in [1.165, 1.54) is 12.1 Å². The summed E-state index contributed by atoms with van der Waals surface area (Å²) in [7, 11) is 0. The highest BCUT2D eigenvalue weighted by atomic mass is 16.6. The predicted octanol–water partition coefficient (Wildman–Crippen LogP) is 5.94. The van der Waals surface area contributed by atoms with Crippen LogP contribution < -0.4 is 14.4 Å². The smallest absolute Gasteiger partial charge is 0.276 e. The number of unbranched alkanes of at least 4 members (excludes halogenated alkanes) is 1. The van der Waals surface area contributed by atoms with Gasteiger partial charge in [-0.05, 0) is 30.7 Å². The fraction of sp³-hybridized carbons (Fsp3) is 0.174. The van der Waals surface area contributed by atoms with Crippen molar-refractivity contribution in [1.29, 1.82) is 0 Å². The summed E-state index contributed by atoms with van der Waals surface area (Å²) in [5, 5.41) is 11.5. The fourth-order valence-electron chi connectivity index (χ4n) is 3.34. The van der Waals surface area contributed by atoms with Gasteiger partial charge in [0, 0.05) is 6.54 Å². The van der Waals surface area contributed by atoms with Crippen molar-refractivity contribution >= 4 is 17.3 Å². The molecule has 0 saturated heterocycles. The summed E-state index contributed by atoms with van der Waals surface area (Å²) in [4.78, 5) is 26.2. The Labute approximate surface area is 173 Å². The van der Waals surface area contributed by atoms with Crippen LogP contribution in [0.2, 0.25) is 0 Å². The number of hydrogen-bond acceptors (Lipinski definition) is 5. The molecule has 7 nitrogen and oxygen atoms in total. The lowest BCUT2D eigenvalue weighted by atomic mass is 10.1. The number of rotatable bonds is 6. The van der Waals surface area contributed by atoms with Gasteiger partial charge in [-0.1, -0.05) is 43.7 Å². The number of fused-ring (bicyclic) bond motifs is 2. The van der Waals surface area contributed by atoms with E-state index >= 15 is 0 Å². The molecule has 0 unspecified atom stereocenters. The molecular formula is C23H20N2O5. The number of nitrogens with zero attached hydrogens (tertiary/aromatic N) is 2. The van der Waals surface area contributed by atoms with Gasteiger partial charge in [-0.25, -0.2) is 0 Å². The fourth-order valence-corrected chi connectivity index (χ4v) is 3.34. The van der Waals surface area contributed by atoms with Crippen LogP contribution in [-0.4, -0.2) is 17.4 Å². The van der Waals surface area contributed by atoms with E-state index in [1.54, 1.807) is 47.4 Å². The normalized spacial score (nSPS) is 12.4. The first-order chi connectivity index (χ1) is 14.6. The van der Waals surface area contributed by atoms with E-state index in [0.29, 0.717) is 23.7 Å². The number of amides is 1. The van der Waals surface area contributed by atoms with Crippen molar-refractivity contribution in [2.24, 2.45) is 0 Å². The van der Waals surface area contributed by atoms with Crippen molar-refractivity contribution in [2.45, 2.75) is 19.8 Å². The summed E-state index contributed by atoms with van der Waals surface area (Å²) >= 11 is 0. The van der Waals surface area contributed by atoms with Crippen molar-refractivity contribution in [3.8, 4) is 23.0 Å². The number of benzene rings is 3. The molecule has 3 aromatic rings. The van der Waals surface area contributed by atoms with Gasteiger partial charge in [-0.15, -0.1) is 0 Å². The van der Waals surface area contributed by atoms with E-state index in [4.69, 9.17) is 9.47 Å². The first-order valence-corrected chi connectivity index (χ1v) is 9.72. The quantitative estimate of drug-likeness (QED) is 0.375. The van der Waals surface area contributed by atoms with Crippen molar-refractivity contribution in [1.82, 2.24) is 0 Å². The molecule has 0 spiro atoms. The van der Waals surface area contributed by atoms with Gasteiger partial charge in [0.05, 0.1) is 22.7 Å². The molecule has 152 valence electrons. The Bertz CT molecular complexity index is 1100. The van der Waals surface area contributed by atoms with Crippen molar-refractivity contribution in [2.75, 3.05) is 11.4 Å². The molecule has 0 aliphatic carbocycles. The lowest BCUT2D eigenvalue weighted by Crippen LogP contribution is -2.31. The largest absolute Gasteiger partial charge is 0.456 e. The van der Waals surface area contributed by atoms with Crippen LogP contribution in [0.4, 0.5) is 11.4 Å². The Kier molecular flexibility index (Phi) is 5.34. The Morgan fingerprint density at radius 1 is 1.03 bits per heavy atom. The Hall–Kier alpha value is -3.87. The summed E-state index contributed by atoms with van der Waals surface area (Å²) in [6, 6.07) is 18.5. The zero-order chi connectivity index (χ0) is 21.1. The third-order valence-corrected chi connectivity index (χ3v) is 4.80. The third-order valence-electron chi connectivity index (χ3n) is 4.80. The van der Waals surface area contributed by atoms with Crippen LogP contribution in [0.15, 0.2) is 66.7 Å². The number of carbonyl (C=O) groups excluding carboxylic acids is 1. The van der Waals surface area contributed by atoms with E-state index in [0.717, 1.165) is 12.8 Å². The van der Waals surface area contributed by atoms with Crippen molar-refractivity contribution in [3.63, 3.8) is 0 Å². The second-order valence-electron chi connectivity index (χ2n) is 6.87. The maximum absolute atomic E-state index is 13.6. The summed E-state index contributed by atoms with van der Waals surface area (Å²) in [5.74, 6) is 0.808. The molecular weight excluding hydrogens is 384 g/mol. The minimum atomic E-state index is -0.530. The molecule has 30 heavy (non-hydrogen) atoms. The average Bonchev–Trinajstić information content (AvgIpc) is 2.86. The molecule has 0 fully saturated rings. The lowest BCUT2D eigenvalue weighted by molar-refractivity contribution is -0.385. The Morgan fingerprint density at radius 2 is 1.77 bits per heavy atom. The summed E-state index contributed by atoms with van der Waals surface area (Å²) < 4.78 is 11.9. The number of ether oxygens (including phenoxy) is 2. The van der Waals surface area contributed by atoms with Crippen LogP contribution in [0.25, 0.3) is 0 Å². The molecule has 3 aromatic carbocycles. The SMILES string of the molecule is CCCCN1C(=O)c2c(Oc3ccccc3)cc([N+](=O)[O-])cc2Oc2ccccc21. The standard InChI is InChI=1S/C23H20N2O5/c1-2-3-13-24-18-11-7-8-12-19(18)30-21-15-16(25(27)28)14-20(22(21)23(24)26)29-17-9-5-4-6-10-17/h4-12,14-15H,2-3,13H2,1H3. The number of carbonyl (C=O) groups is 1. The average molecular weight is 404 g/mol. The topological polar surface area (TPSA) is 81.9 Å². The highest BCUT2D eigenvalue weighted by molar-refractivity contribution is 6.11. The van der Waals surface area contributed by atoms with Crippen LogP contribution >= 0.6 is 0 Å². The van der Waals surface area contributed by atoms with Crippen LogP contribution in [0.5, 0.6) is 23.0 Å². The van der Waals surface area contributed by atoms with Crippen LogP contribution in [0.1, 0.15) is 30.1 Å². The van der Waals surface area contributed by atoms with Gasteiger partial charge in [-0.3, -0.25) is 14.9 Å². The molecule has 0 aromatic heterocycles. The first-order valence-electron chi connectivity index (χ1n) is 9.72. The molecule has 1 amide bonds. The Balaban J connectivity index is 1.89. The highest BCUT2D eigenvalue weighted by Gasteiger charge is 2.33. The summed E-state index contributed by atoms with van der Waals surface area (Å²) in [5.41, 5.74) is 0.573. The van der Waals surface area contributed by atoms with E-state index < -0.39 is 4.92 Å². The Morgan fingerprint density at radius 3 is 2.50 bits per heavy atom. The van der Waals surface area contributed by atoms with Crippen molar-refractivity contribution in [3.05, 3.63) is 82.4 Å². The lowest BCUT2D eigenvalue weighted by Gasteiger charge is -2.22. The van der Waals surface area contributed by atoms with Crippen LogP contribution in [-0.2, 0) is 0 Å². The van der Waals surface area contributed by atoms with Gasteiger partial charge in [0.25, 0.3) is 11.6 Å². The number of non-ortho nitro benzene ring substituents is 1. The molecule has 1 aliphatic rings. The van der Waals surface area contributed by atoms with Gasteiger partial charge in [-0.2, -0.15) is 0 Å². The van der Waals surface area contributed by atoms with Gasteiger partial charge in [0.15, 0.2) is 17.2 Å². The molecule has 7 heteroatoms. The van der Waals surface area contributed by atoms with E-state index in [2.05, 4.69) is 0 Å². The zero-order valence-electron chi connectivity index (χ0n) is 16.4. The van der Waals surface area contributed by atoms with Crippen LogP contribution in [0, 0.1) is 10.1 Å². The van der Waals surface area contributed by atoms with Gasteiger partial charge in [0.2, 0.25) is 0 Å². The van der Waals surface area contributed by atoms with Crippen LogP contribution in [0.3, 0.4) is 0 Å². The van der Waals surface area contributed by atoms with E-state index in [9.17, 15) is 14.9 Å². The molecule has 0 bridgehead atoms. The van der Waals surface area contributed by atoms with Gasteiger partial charge >= 0.3 is 0 Å². The third kappa shape index (κ3) is 3.69. The first kappa shape index (κ1) is 19.4. The molecule has 4 rings (SSSR count). The number of nitro benzene ring substituents is 1. The summed E-state index contributed by atoms with van der Waals surface area (Å²) in [6.07, 6.45) is 1.71. The van der Waals surface area contributed by atoms with E-state index in [1.807, 2.05) is 19.1 Å². The second-order valence-corrected chi connectivity index (χ2v) is 6.87. The molecule has 0 atom stereocenters. The predicted molar refractivity (Wildman–Crippen MR) is 113 cm³/mol. The number of nitro groups is 1. The number of anilines is 1. The minimum Gasteiger partial charge on any atom is -0.456 e. The highest BCUT2D eigenvalue weighted by Crippen LogP contribution is 2.45.